The van der Waals surface area contributed by atoms with Crippen molar-refractivity contribution in [3.63, 3.8) is 0 Å². The lowest BCUT2D eigenvalue weighted by molar-refractivity contribution is 0.673. The van der Waals surface area contributed by atoms with Crippen LogP contribution in [0.5, 0.6) is 0 Å². The van der Waals surface area contributed by atoms with Crippen molar-refractivity contribution >= 4 is 108 Å². The zero-order valence-corrected chi connectivity index (χ0v) is 35.2. The van der Waals surface area contributed by atoms with Gasteiger partial charge in [0.05, 0.1) is 0 Å². The Labute approximate surface area is 373 Å². The molecular weight excluding hydrogens is 785 g/mol. The Balaban J connectivity index is 0.864. The highest BCUT2D eigenvalue weighted by Crippen LogP contribution is 2.46. The first kappa shape index (κ1) is 35.0. The molecule has 0 saturated heterocycles. The lowest BCUT2D eigenvalue weighted by Crippen LogP contribution is -1.88. The molecule has 1 aromatic heterocycles. The highest BCUT2D eigenvalue weighted by Gasteiger charge is 2.20. The third-order valence-electron chi connectivity index (χ3n) is 14.5. The molecule has 0 radical (unpaired) electrons. The van der Waals surface area contributed by atoms with Gasteiger partial charge in [-0.25, -0.2) is 0 Å². The minimum Gasteiger partial charge on any atom is -0.455 e. The minimum absolute atomic E-state index is 0.903. The van der Waals surface area contributed by atoms with Crippen molar-refractivity contribution in [1.82, 2.24) is 0 Å². The van der Waals surface area contributed by atoms with E-state index >= 15 is 0 Å². The van der Waals surface area contributed by atoms with Crippen molar-refractivity contribution in [3.05, 3.63) is 218 Å². The number of furan rings is 1. The molecule has 1 heteroatoms. The molecule has 15 aromatic rings. The van der Waals surface area contributed by atoms with Gasteiger partial charge in [0.15, 0.2) is 0 Å². The Morgan fingerprint density at radius 2 is 0.646 bits per heavy atom. The summed E-state index contributed by atoms with van der Waals surface area (Å²) >= 11 is 0. The zero-order valence-electron chi connectivity index (χ0n) is 35.2. The van der Waals surface area contributed by atoms with Crippen LogP contribution in [-0.4, -0.2) is 0 Å². The van der Waals surface area contributed by atoms with E-state index in [9.17, 15) is 0 Å². The summed E-state index contributed by atoms with van der Waals surface area (Å²) in [6, 6.07) is 81.1. The first-order valence-electron chi connectivity index (χ1n) is 22.6. The Hall–Kier alpha value is -8.52. The normalized spacial score (nSPS) is 12.3. The lowest BCUT2D eigenvalue weighted by Gasteiger charge is -2.15. The van der Waals surface area contributed by atoms with Crippen molar-refractivity contribution in [2.45, 2.75) is 0 Å². The Morgan fingerprint density at radius 3 is 1.22 bits per heavy atom. The second-order valence-electron chi connectivity index (χ2n) is 18.0. The molecular formula is C64H36O. The van der Waals surface area contributed by atoms with Crippen LogP contribution >= 0.6 is 0 Å². The van der Waals surface area contributed by atoms with Gasteiger partial charge >= 0.3 is 0 Å². The van der Waals surface area contributed by atoms with Gasteiger partial charge in [-0.3, -0.25) is 0 Å². The van der Waals surface area contributed by atoms with Crippen LogP contribution in [0.2, 0.25) is 0 Å². The van der Waals surface area contributed by atoms with Crippen molar-refractivity contribution in [1.29, 1.82) is 0 Å². The molecule has 0 N–H and O–H groups in total. The Bertz CT molecular complexity index is 4400. The van der Waals surface area contributed by atoms with Gasteiger partial charge in [0.2, 0.25) is 0 Å². The van der Waals surface area contributed by atoms with E-state index in [2.05, 4.69) is 218 Å². The number of benzene rings is 14. The minimum atomic E-state index is 0.903. The fourth-order valence-electron chi connectivity index (χ4n) is 11.4. The number of rotatable bonds is 4. The fourth-order valence-corrected chi connectivity index (χ4v) is 11.4. The number of hydrogen-bond donors (Lipinski definition) is 0. The van der Waals surface area contributed by atoms with E-state index in [1.54, 1.807) is 0 Å². The smallest absolute Gasteiger partial charge is 0.143 e. The highest BCUT2D eigenvalue weighted by molar-refractivity contribution is 6.27. The molecule has 0 saturated carbocycles. The van der Waals surface area contributed by atoms with Crippen molar-refractivity contribution in [2.24, 2.45) is 0 Å². The monoisotopic (exact) mass is 820 g/mol. The summed E-state index contributed by atoms with van der Waals surface area (Å²) in [6.45, 7) is 0. The van der Waals surface area contributed by atoms with Crippen molar-refractivity contribution in [2.75, 3.05) is 0 Å². The summed E-state index contributed by atoms with van der Waals surface area (Å²) in [5.41, 5.74) is 11.4. The molecule has 0 fully saturated rings. The summed E-state index contributed by atoms with van der Waals surface area (Å²) in [7, 11) is 0. The molecule has 14 aromatic carbocycles. The molecule has 1 nitrogen and oxygen atoms in total. The van der Waals surface area contributed by atoms with Gasteiger partial charge in [-0.1, -0.05) is 194 Å². The van der Waals surface area contributed by atoms with Crippen LogP contribution in [0.3, 0.4) is 0 Å². The molecule has 0 spiro atoms. The first-order chi connectivity index (χ1) is 32.2. The third-order valence-corrected chi connectivity index (χ3v) is 14.5. The van der Waals surface area contributed by atoms with Crippen LogP contribution in [0, 0.1) is 0 Å². The number of fused-ring (bicyclic) bond motifs is 6. The first-order valence-corrected chi connectivity index (χ1v) is 22.6. The maximum absolute atomic E-state index is 6.99. The van der Waals surface area contributed by atoms with Gasteiger partial charge in [0.25, 0.3) is 0 Å². The Morgan fingerprint density at radius 1 is 0.215 bits per heavy atom. The van der Waals surface area contributed by atoms with E-state index in [4.69, 9.17) is 4.42 Å². The predicted molar refractivity (Wildman–Crippen MR) is 278 cm³/mol. The average Bonchev–Trinajstić information content (AvgIpc) is 3.75. The van der Waals surface area contributed by atoms with Crippen LogP contribution in [0.15, 0.2) is 223 Å². The second-order valence-corrected chi connectivity index (χ2v) is 18.0. The molecule has 0 unspecified atom stereocenters. The second kappa shape index (κ2) is 13.0. The van der Waals surface area contributed by atoms with Crippen molar-refractivity contribution < 1.29 is 4.42 Å². The van der Waals surface area contributed by atoms with Crippen LogP contribution in [0.4, 0.5) is 0 Å². The zero-order chi connectivity index (χ0) is 42.3. The quantitative estimate of drug-likeness (QED) is 0.161. The molecule has 15 rings (SSSR count). The van der Waals surface area contributed by atoms with Crippen molar-refractivity contribution in [3.8, 4) is 44.5 Å². The van der Waals surface area contributed by atoms with Crippen LogP contribution < -0.4 is 0 Å². The Kier molecular flexibility index (Phi) is 7.01. The molecule has 298 valence electrons. The largest absolute Gasteiger partial charge is 0.455 e. The maximum Gasteiger partial charge on any atom is 0.143 e. The summed E-state index contributed by atoms with van der Waals surface area (Å²) < 4.78 is 6.99. The lowest BCUT2D eigenvalue weighted by atomic mass is 9.89. The third kappa shape index (κ3) is 5.04. The molecule has 0 atom stereocenters. The molecule has 1 heterocycles. The van der Waals surface area contributed by atoms with Gasteiger partial charge in [-0.2, -0.15) is 0 Å². The summed E-state index contributed by atoms with van der Waals surface area (Å²) in [5, 5.41) is 22.6. The average molecular weight is 821 g/mol. The van der Waals surface area contributed by atoms with E-state index < -0.39 is 0 Å². The highest BCUT2D eigenvalue weighted by atomic mass is 16.3. The number of hydrogen-bond acceptors (Lipinski definition) is 1. The SMILES string of the molecule is c1ccc2cc3c(cc2c1)oc1c2cc(-c4ccc(-c5ccc6ccc7cccc8ccc5c6c78)cc4)ccc2cc(-c2ccc(-c4ccc5ccc6cccc7ccc4c5c67)cc2)c31. The molecule has 0 aliphatic carbocycles. The van der Waals surface area contributed by atoms with Gasteiger partial charge in [0.1, 0.15) is 11.2 Å². The van der Waals surface area contributed by atoms with E-state index in [1.165, 1.54) is 114 Å². The van der Waals surface area contributed by atoms with Gasteiger partial charge < -0.3 is 4.42 Å². The molecule has 0 aliphatic rings. The molecule has 0 amide bonds. The van der Waals surface area contributed by atoms with E-state index in [-0.39, 0.29) is 0 Å². The summed E-state index contributed by atoms with van der Waals surface area (Å²) in [4.78, 5) is 0. The predicted octanol–water partition coefficient (Wildman–Crippen LogP) is 18.4. The maximum atomic E-state index is 6.99. The van der Waals surface area contributed by atoms with Crippen LogP contribution in [0.25, 0.3) is 153 Å². The van der Waals surface area contributed by atoms with Crippen LogP contribution in [-0.2, 0) is 0 Å². The molecule has 0 aliphatic heterocycles. The van der Waals surface area contributed by atoms with E-state index in [0.29, 0.717) is 0 Å². The standard InChI is InChI=1S/C64H36O/c1-2-6-48-36-58-57(34-47(48)5-1)63-55(40-17-15-39(16-18-40)52-30-26-46-22-20-42-8-4-10-44-28-32-54(52)62(46)60(42)44)35-50-24-23-49(33-56(50)64(63)65-58)37-11-13-38(14-12-37)51-29-25-45-21-19-41-7-3-9-43-27-31-53(51)61(45)59(41)43/h1-36H. The van der Waals surface area contributed by atoms with Gasteiger partial charge in [0, 0.05) is 16.2 Å². The molecule has 65 heavy (non-hydrogen) atoms. The van der Waals surface area contributed by atoms with Crippen LogP contribution in [0.1, 0.15) is 0 Å². The van der Waals surface area contributed by atoms with E-state index in [0.717, 1.165) is 38.3 Å². The molecule has 0 bridgehead atoms. The van der Waals surface area contributed by atoms with Gasteiger partial charge in [-0.05, 0) is 150 Å². The van der Waals surface area contributed by atoms with E-state index in [1.807, 2.05) is 0 Å². The van der Waals surface area contributed by atoms with Gasteiger partial charge in [-0.15, -0.1) is 0 Å². The fraction of sp³-hybridized carbons (Fsp3) is 0. The summed E-state index contributed by atoms with van der Waals surface area (Å²) in [5.74, 6) is 0. The summed E-state index contributed by atoms with van der Waals surface area (Å²) in [6.07, 6.45) is 0. The topological polar surface area (TPSA) is 13.1 Å².